The first-order chi connectivity index (χ1) is 10.2. The van der Waals surface area contributed by atoms with Crippen LogP contribution in [-0.2, 0) is 0 Å². The van der Waals surface area contributed by atoms with Crippen LogP contribution in [0.4, 0.5) is 0 Å². The molecule has 0 atom stereocenters. The number of alkyl halides is 1. The molecule has 0 saturated carbocycles. The molecule has 0 aliphatic heterocycles. The lowest BCUT2D eigenvalue weighted by Gasteiger charge is -2.21. The van der Waals surface area contributed by atoms with Gasteiger partial charge in [0, 0.05) is 24.0 Å². The van der Waals surface area contributed by atoms with Gasteiger partial charge in [0.1, 0.15) is 0 Å². The van der Waals surface area contributed by atoms with Crippen molar-refractivity contribution in [2.75, 3.05) is 31.6 Å². The van der Waals surface area contributed by atoms with Crippen LogP contribution in [0.2, 0.25) is 0 Å². The van der Waals surface area contributed by atoms with Crippen molar-refractivity contribution in [2.45, 2.75) is 27.2 Å². The van der Waals surface area contributed by atoms with Crippen LogP contribution in [0.15, 0.2) is 18.2 Å². The summed E-state index contributed by atoms with van der Waals surface area (Å²) in [5.74, 6) is 1.34. The number of carbonyl (C=O) groups excluding carboxylic acids is 1. The highest BCUT2D eigenvalue weighted by molar-refractivity contribution is 9.09. The standard InChI is InChI=1S/C16H24BrNO3/c1-4-18(11-7-10-17)16(19)13-8-9-14(20-5-2)15(12-13)21-6-3/h8-9,12H,4-7,10-11H2,1-3H3. The van der Waals surface area contributed by atoms with Crippen LogP contribution in [0.3, 0.4) is 0 Å². The fourth-order valence-electron chi connectivity index (χ4n) is 2.02. The van der Waals surface area contributed by atoms with Gasteiger partial charge in [-0.3, -0.25) is 4.79 Å². The maximum atomic E-state index is 12.5. The number of nitrogens with zero attached hydrogens (tertiary/aromatic N) is 1. The zero-order valence-corrected chi connectivity index (χ0v) is 14.6. The summed E-state index contributed by atoms with van der Waals surface area (Å²) in [6, 6.07) is 5.38. The molecule has 1 rings (SSSR count). The molecule has 21 heavy (non-hydrogen) atoms. The molecule has 0 aliphatic rings. The summed E-state index contributed by atoms with van der Waals surface area (Å²) in [5.41, 5.74) is 0.637. The van der Waals surface area contributed by atoms with E-state index in [0.717, 1.165) is 18.3 Å². The van der Waals surface area contributed by atoms with E-state index in [1.54, 1.807) is 18.2 Å². The second kappa shape index (κ2) is 9.66. The summed E-state index contributed by atoms with van der Waals surface area (Å²) >= 11 is 3.40. The number of carbonyl (C=O) groups is 1. The Balaban J connectivity index is 2.95. The lowest BCUT2D eigenvalue weighted by Crippen LogP contribution is -2.32. The highest BCUT2D eigenvalue weighted by atomic mass is 79.9. The van der Waals surface area contributed by atoms with Gasteiger partial charge in [-0.25, -0.2) is 0 Å². The highest BCUT2D eigenvalue weighted by Gasteiger charge is 2.16. The van der Waals surface area contributed by atoms with E-state index in [2.05, 4.69) is 15.9 Å². The zero-order valence-electron chi connectivity index (χ0n) is 13.0. The second-order valence-electron chi connectivity index (χ2n) is 4.45. The third-order valence-corrected chi connectivity index (χ3v) is 3.58. The minimum atomic E-state index is 0.0300. The number of rotatable bonds is 9. The van der Waals surface area contributed by atoms with Crippen molar-refractivity contribution in [3.63, 3.8) is 0 Å². The Hall–Kier alpha value is -1.23. The number of amides is 1. The third-order valence-electron chi connectivity index (χ3n) is 3.02. The van der Waals surface area contributed by atoms with E-state index in [1.165, 1.54) is 0 Å². The number of hydrogen-bond acceptors (Lipinski definition) is 3. The molecule has 1 aromatic carbocycles. The first-order valence-electron chi connectivity index (χ1n) is 7.42. The minimum Gasteiger partial charge on any atom is -0.490 e. The van der Waals surface area contributed by atoms with Crippen LogP contribution in [0, 0.1) is 0 Å². The molecule has 4 nitrogen and oxygen atoms in total. The van der Waals surface area contributed by atoms with E-state index in [0.29, 0.717) is 36.8 Å². The van der Waals surface area contributed by atoms with Gasteiger partial charge in [-0.1, -0.05) is 15.9 Å². The quantitative estimate of drug-likeness (QED) is 0.632. The lowest BCUT2D eigenvalue weighted by molar-refractivity contribution is 0.0764. The smallest absolute Gasteiger partial charge is 0.253 e. The van der Waals surface area contributed by atoms with Gasteiger partial charge >= 0.3 is 0 Å². The fraction of sp³-hybridized carbons (Fsp3) is 0.562. The van der Waals surface area contributed by atoms with E-state index in [9.17, 15) is 4.79 Å². The Kier molecular flexibility index (Phi) is 8.20. The summed E-state index contributed by atoms with van der Waals surface area (Å²) in [6.45, 7) is 8.38. The van der Waals surface area contributed by atoms with Crippen LogP contribution in [0.5, 0.6) is 11.5 Å². The summed E-state index contributed by atoms with van der Waals surface area (Å²) < 4.78 is 11.1. The van der Waals surface area contributed by atoms with Gasteiger partial charge in [0.2, 0.25) is 0 Å². The predicted molar refractivity (Wildman–Crippen MR) is 88.8 cm³/mol. The van der Waals surface area contributed by atoms with Gasteiger partial charge in [-0.2, -0.15) is 0 Å². The van der Waals surface area contributed by atoms with E-state index >= 15 is 0 Å². The van der Waals surface area contributed by atoms with Crippen molar-refractivity contribution in [3.8, 4) is 11.5 Å². The number of halogens is 1. The van der Waals surface area contributed by atoms with Gasteiger partial charge in [0.25, 0.3) is 5.91 Å². The highest BCUT2D eigenvalue weighted by Crippen LogP contribution is 2.29. The molecular weight excluding hydrogens is 334 g/mol. The van der Waals surface area contributed by atoms with Crippen LogP contribution < -0.4 is 9.47 Å². The summed E-state index contributed by atoms with van der Waals surface area (Å²) in [4.78, 5) is 14.4. The van der Waals surface area contributed by atoms with Crippen molar-refractivity contribution in [1.29, 1.82) is 0 Å². The minimum absolute atomic E-state index is 0.0300. The molecule has 0 aromatic heterocycles. The fourth-order valence-corrected chi connectivity index (χ4v) is 2.27. The second-order valence-corrected chi connectivity index (χ2v) is 5.25. The Bertz CT molecular complexity index is 451. The summed E-state index contributed by atoms with van der Waals surface area (Å²) in [7, 11) is 0. The van der Waals surface area contributed by atoms with Crippen molar-refractivity contribution in [2.24, 2.45) is 0 Å². The maximum absolute atomic E-state index is 12.5. The Morgan fingerprint density at radius 2 is 1.81 bits per heavy atom. The van der Waals surface area contributed by atoms with Gasteiger partial charge in [0.05, 0.1) is 13.2 Å². The monoisotopic (exact) mass is 357 g/mol. The largest absolute Gasteiger partial charge is 0.490 e. The molecule has 1 aromatic rings. The first-order valence-corrected chi connectivity index (χ1v) is 8.54. The van der Waals surface area contributed by atoms with E-state index in [-0.39, 0.29) is 5.91 Å². The molecule has 0 fully saturated rings. The third kappa shape index (κ3) is 5.23. The number of hydrogen-bond donors (Lipinski definition) is 0. The Morgan fingerprint density at radius 3 is 2.38 bits per heavy atom. The predicted octanol–water partition coefficient (Wildman–Crippen LogP) is 3.73. The first kappa shape index (κ1) is 17.8. The molecule has 0 aliphatic carbocycles. The maximum Gasteiger partial charge on any atom is 0.253 e. The van der Waals surface area contributed by atoms with Crippen LogP contribution in [0.25, 0.3) is 0 Å². The van der Waals surface area contributed by atoms with E-state index in [1.807, 2.05) is 25.7 Å². The molecule has 0 heterocycles. The zero-order chi connectivity index (χ0) is 15.7. The van der Waals surface area contributed by atoms with E-state index in [4.69, 9.17) is 9.47 Å². The Morgan fingerprint density at radius 1 is 1.14 bits per heavy atom. The van der Waals surface area contributed by atoms with Crippen molar-refractivity contribution < 1.29 is 14.3 Å². The summed E-state index contributed by atoms with van der Waals surface area (Å²) in [6.07, 6.45) is 0.939. The normalized spacial score (nSPS) is 10.3. The van der Waals surface area contributed by atoms with Crippen LogP contribution >= 0.6 is 15.9 Å². The molecule has 0 N–H and O–H groups in total. The van der Waals surface area contributed by atoms with Gasteiger partial charge in [0.15, 0.2) is 11.5 Å². The van der Waals surface area contributed by atoms with Crippen molar-refractivity contribution in [3.05, 3.63) is 23.8 Å². The molecule has 0 unspecified atom stereocenters. The topological polar surface area (TPSA) is 38.8 Å². The molecule has 0 bridgehead atoms. The molecule has 0 radical (unpaired) electrons. The molecular formula is C16H24BrNO3. The van der Waals surface area contributed by atoms with Crippen LogP contribution in [0.1, 0.15) is 37.6 Å². The average Bonchev–Trinajstić information content (AvgIpc) is 2.50. The lowest BCUT2D eigenvalue weighted by atomic mass is 10.1. The molecule has 0 saturated heterocycles. The number of benzene rings is 1. The van der Waals surface area contributed by atoms with Gasteiger partial charge in [-0.15, -0.1) is 0 Å². The van der Waals surface area contributed by atoms with E-state index < -0.39 is 0 Å². The average molecular weight is 358 g/mol. The SMILES string of the molecule is CCOc1ccc(C(=O)N(CC)CCCBr)cc1OCC. The molecule has 5 heteroatoms. The Labute approximate surface area is 135 Å². The van der Waals surface area contributed by atoms with Gasteiger partial charge < -0.3 is 14.4 Å². The van der Waals surface area contributed by atoms with Gasteiger partial charge in [-0.05, 0) is 45.4 Å². The van der Waals surface area contributed by atoms with Crippen molar-refractivity contribution >= 4 is 21.8 Å². The number of ether oxygens (including phenoxy) is 2. The molecule has 1 amide bonds. The van der Waals surface area contributed by atoms with Crippen molar-refractivity contribution in [1.82, 2.24) is 4.90 Å². The van der Waals surface area contributed by atoms with Crippen LogP contribution in [-0.4, -0.2) is 42.4 Å². The molecule has 118 valence electrons. The molecule has 0 spiro atoms. The summed E-state index contributed by atoms with van der Waals surface area (Å²) in [5, 5.41) is 0.893.